The van der Waals surface area contributed by atoms with Gasteiger partial charge in [0.05, 0.1) is 12.3 Å². The van der Waals surface area contributed by atoms with E-state index in [0.29, 0.717) is 12.0 Å². The summed E-state index contributed by atoms with van der Waals surface area (Å²) < 4.78 is 10.9. The predicted molar refractivity (Wildman–Crippen MR) is 108 cm³/mol. The van der Waals surface area contributed by atoms with Gasteiger partial charge in [-0.15, -0.1) is 0 Å². The van der Waals surface area contributed by atoms with E-state index in [1.165, 1.54) is 38.9 Å². The first-order valence-electron chi connectivity index (χ1n) is 9.70. The Morgan fingerprint density at radius 3 is 2.44 bits per heavy atom. The summed E-state index contributed by atoms with van der Waals surface area (Å²) >= 11 is 0. The van der Waals surface area contributed by atoms with Gasteiger partial charge < -0.3 is 0 Å². The third-order valence-electron chi connectivity index (χ3n) is 5.20. The molecule has 0 spiro atoms. The number of fused-ring (bicyclic) bond motifs is 1. The molecule has 0 amide bonds. The number of aryl methyl sites for hydroxylation is 2. The molecule has 130 valence electrons. The van der Waals surface area contributed by atoms with Crippen molar-refractivity contribution >= 4 is 10.8 Å². The Morgan fingerprint density at radius 1 is 1.04 bits per heavy atom. The Morgan fingerprint density at radius 2 is 1.76 bits per heavy atom. The summed E-state index contributed by atoms with van der Waals surface area (Å²) in [5, 5.41) is 2.23. The van der Waals surface area contributed by atoms with Gasteiger partial charge in [0.15, 0.2) is 5.69 Å². The van der Waals surface area contributed by atoms with Gasteiger partial charge in [-0.3, -0.25) is 0 Å². The van der Waals surface area contributed by atoms with E-state index < -0.39 is 0 Å². The quantitative estimate of drug-likeness (QED) is 0.536. The molecule has 1 heteroatoms. The summed E-state index contributed by atoms with van der Waals surface area (Å²) in [4.78, 5) is 0. The van der Waals surface area contributed by atoms with E-state index in [0.717, 1.165) is 17.5 Å². The van der Waals surface area contributed by atoms with Crippen LogP contribution in [0.2, 0.25) is 0 Å². The SMILES string of the molecule is [2H]c1c(C)[n+](C)c(-c2cc(C)cc(C)c2C)c2ccc(CC(C)C)cc12. The van der Waals surface area contributed by atoms with E-state index in [1.807, 2.05) is 0 Å². The molecule has 0 bridgehead atoms. The van der Waals surface area contributed by atoms with Gasteiger partial charge in [-0.2, -0.15) is 4.57 Å². The molecule has 1 aromatic heterocycles. The molecule has 0 atom stereocenters. The van der Waals surface area contributed by atoms with Crippen LogP contribution in [0.15, 0.2) is 36.4 Å². The molecule has 0 aliphatic heterocycles. The summed E-state index contributed by atoms with van der Waals surface area (Å²) in [6.45, 7) is 13.1. The highest BCUT2D eigenvalue weighted by Gasteiger charge is 2.20. The van der Waals surface area contributed by atoms with Crippen molar-refractivity contribution in [1.29, 1.82) is 0 Å². The fourth-order valence-electron chi connectivity index (χ4n) is 3.74. The highest BCUT2D eigenvalue weighted by Crippen LogP contribution is 2.31. The van der Waals surface area contributed by atoms with Crippen molar-refractivity contribution in [2.24, 2.45) is 13.0 Å². The van der Waals surface area contributed by atoms with Crippen molar-refractivity contribution < 1.29 is 5.94 Å². The van der Waals surface area contributed by atoms with Gasteiger partial charge in [-0.1, -0.05) is 37.6 Å². The zero-order chi connectivity index (χ0) is 19.2. The number of pyridine rings is 1. The summed E-state index contributed by atoms with van der Waals surface area (Å²) in [6.07, 6.45) is 1.05. The third kappa shape index (κ3) is 3.33. The van der Waals surface area contributed by atoms with Crippen molar-refractivity contribution in [2.45, 2.75) is 48.0 Å². The Hall–Kier alpha value is -2.15. The van der Waals surface area contributed by atoms with Gasteiger partial charge in [-0.05, 0) is 67.3 Å². The lowest BCUT2D eigenvalue weighted by atomic mass is 9.93. The molecule has 0 N–H and O–H groups in total. The van der Waals surface area contributed by atoms with E-state index in [4.69, 9.17) is 1.37 Å². The molecule has 0 saturated heterocycles. The fraction of sp³-hybridized carbons (Fsp3) is 0.375. The Labute approximate surface area is 153 Å². The first-order chi connectivity index (χ1) is 12.2. The van der Waals surface area contributed by atoms with Crippen LogP contribution in [-0.2, 0) is 13.5 Å². The maximum absolute atomic E-state index is 8.68. The minimum absolute atomic E-state index is 0.615. The highest BCUT2D eigenvalue weighted by molar-refractivity contribution is 5.94. The lowest BCUT2D eigenvalue weighted by Crippen LogP contribution is -2.35. The summed E-state index contributed by atoms with van der Waals surface area (Å²) in [5.74, 6) is 0.615. The third-order valence-corrected chi connectivity index (χ3v) is 5.20. The summed E-state index contributed by atoms with van der Waals surface area (Å²) in [5.41, 5.74) is 8.72. The molecule has 0 fully saturated rings. The molecule has 0 aliphatic carbocycles. The van der Waals surface area contributed by atoms with E-state index >= 15 is 0 Å². The largest absolute Gasteiger partial charge is 0.220 e. The van der Waals surface area contributed by atoms with Crippen LogP contribution in [0, 0.1) is 33.6 Å². The fourth-order valence-corrected chi connectivity index (χ4v) is 3.74. The molecular weight excluding hydrogens is 302 g/mol. The molecule has 3 rings (SSSR count). The molecular formula is C24H30N+. The van der Waals surface area contributed by atoms with Gasteiger partial charge in [0.25, 0.3) is 0 Å². The number of aromatic nitrogens is 1. The van der Waals surface area contributed by atoms with Crippen LogP contribution in [0.3, 0.4) is 0 Å². The van der Waals surface area contributed by atoms with Crippen molar-refractivity contribution in [3.8, 4) is 11.3 Å². The summed E-state index contributed by atoms with van der Waals surface area (Å²) in [6, 6.07) is 11.8. The maximum Gasteiger partial charge on any atom is 0.220 e. The number of benzene rings is 2. The molecule has 3 aromatic rings. The predicted octanol–water partition coefficient (Wildman–Crippen LogP) is 5.76. The van der Waals surface area contributed by atoms with Crippen molar-refractivity contribution in [3.63, 3.8) is 0 Å². The number of rotatable bonds is 3. The number of nitrogens with zero attached hydrogens (tertiary/aromatic N) is 1. The first kappa shape index (κ1) is 16.3. The lowest BCUT2D eigenvalue weighted by Gasteiger charge is -2.14. The first-order valence-corrected chi connectivity index (χ1v) is 9.20. The zero-order valence-corrected chi connectivity index (χ0v) is 16.6. The van der Waals surface area contributed by atoms with Crippen LogP contribution >= 0.6 is 0 Å². The average molecular weight is 334 g/mol. The van der Waals surface area contributed by atoms with E-state index in [-0.39, 0.29) is 0 Å². The monoisotopic (exact) mass is 333 g/mol. The minimum atomic E-state index is 0.615. The van der Waals surface area contributed by atoms with Crippen molar-refractivity contribution in [3.05, 3.63) is 64.3 Å². The molecule has 1 nitrogen and oxygen atoms in total. The highest BCUT2D eigenvalue weighted by atomic mass is 14.9. The number of hydrogen-bond acceptors (Lipinski definition) is 0. The van der Waals surface area contributed by atoms with Crippen LogP contribution in [0.4, 0.5) is 0 Å². The molecule has 0 aliphatic rings. The van der Waals surface area contributed by atoms with Crippen LogP contribution in [0.5, 0.6) is 0 Å². The normalized spacial score (nSPS) is 12.1. The topological polar surface area (TPSA) is 3.88 Å². The Bertz CT molecular complexity index is 999. The second kappa shape index (κ2) is 6.63. The second-order valence-corrected chi connectivity index (χ2v) is 7.85. The summed E-state index contributed by atoms with van der Waals surface area (Å²) in [7, 11) is 2.08. The Balaban J connectivity index is 2.39. The maximum atomic E-state index is 8.68. The van der Waals surface area contributed by atoms with Crippen LogP contribution < -0.4 is 4.57 Å². The van der Waals surface area contributed by atoms with Crippen LogP contribution in [-0.4, -0.2) is 0 Å². The van der Waals surface area contributed by atoms with E-state index in [2.05, 4.69) is 83.5 Å². The molecule has 0 saturated carbocycles. The average Bonchev–Trinajstić information content (AvgIpc) is 2.57. The van der Waals surface area contributed by atoms with Crippen molar-refractivity contribution in [2.75, 3.05) is 0 Å². The van der Waals surface area contributed by atoms with Gasteiger partial charge in [0.1, 0.15) is 7.05 Å². The smallest absolute Gasteiger partial charge is 0.198 e. The molecule has 0 unspecified atom stereocenters. The molecule has 1 heterocycles. The van der Waals surface area contributed by atoms with Gasteiger partial charge in [-0.25, -0.2) is 0 Å². The van der Waals surface area contributed by atoms with Crippen molar-refractivity contribution in [1.82, 2.24) is 0 Å². The zero-order valence-electron chi connectivity index (χ0n) is 17.6. The Kier molecular flexibility index (Phi) is 4.33. The standard InChI is InChI=1S/C24H30N/c1-15(2)10-20-8-9-22-21(14-20)13-18(5)25(7)24(22)23-12-16(3)11-17(4)19(23)6/h8-9,11-15H,10H2,1-7H3/q+1/i13D. The lowest BCUT2D eigenvalue weighted by molar-refractivity contribution is -0.665. The van der Waals surface area contributed by atoms with Gasteiger partial charge >= 0.3 is 0 Å². The second-order valence-electron chi connectivity index (χ2n) is 7.85. The van der Waals surface area contributed by atoms with Crippen LogP contribution in [0.25, 0.3) is 22.0 Å². The minimum Gasteiger partial charge on any atom is -0.198 e. The molecule has 0 radical (unpaired) electrons. The molecule has 25 heavy (non-hydrogen) atoms. The van der Waals surface area contributed by atoms with E-state index in [9.17, 15) is 0 Å². The van der Waals surface area contributed by atoms with Gasteiger partial charge in [0, 0.05) is 13.0 Å². The van der Waals surface area contributed by atoms with Crippen LogP contribution in [0.1, 0.15) is 43.2 Å². The van der Waals surface area contributed by atoms with Gasteiger partial charge in [0.2, 0.25) is 5.69 Å². The van der Waals surface area contributed by atoms with E-state index in [1.54, 1.807) is 0 Å². The molecule has 2 aromatic carbocycles. The number of hydrogen-bond donors (Lipinski definition) is 0.